The summed E-state index contributed by atoms with van der Waals surface area (Å²) in [7, 11) is 0. The lowest BCUT2D eigenvalue weighted by Crippen LogP contribution is -2.64. The van der Waals surface area contributed by atoms with E-state index < -0.39 is 17.3 Å². The van der Waals surface area contributed by atoms with Gasteiger partial charge in [-0.1, -0.05) is 13.8 Å². The average Bonchev–Trinajstić information content (AvgIpc) is 3.20. The van der Waals surface area contributed by atoms with Crippen LogP contribution in [0.1, 0.15) is 65.7 Å². The van der Waals surface area contributed by atoms with Crippen LogP contribution in [-0.4, -0.2) is 41.8 Å². The summed E-state index contributed by atoms with van der Waals surface area (Å²) in [6.45, 7) is 7.18. The lowest BCUT2D eigenvalue weighted by atomic mass is 9.43. The minimum atomic E-state index is -0.713. The van der Waals surface area contributed by atoms with Crippen LogP contribution in [-0.2, 0) is 19.1 Å². The van der Waals surface area contributed by atoms with Crippen LogP contribution < -0.4 is 0 Å². The van der Waals surface area contributed by atoms with Crippen LogP contribution >= 0.6 is 0 Å². The summed E-state index contributed by atoms with van der Waals surface area (Å²) in [5, 5.41) is 11.4. The monoisotopic (exact) mass is 390 g/mol. The van der Waals surface area contributed by atoms with Gasteiger partial charge < -0.3 is 14.6 Å². The number of ketones is 2. The molecule has 5 rings (SSSR count). The zero-order chi connectivity index (χ0) is 19.9. The van der Waals surface area contributed by atoms with Crippen molar-refractivity contribution >= 4 is 11.6 Å². The van der Waals surface area contributed by atoms with E-state index in [4.69, 9.17) is 9.47 Å². The minimum Gasteiger partial charge on any atom is -0.393 e. The molecular weight excluding hydrogens is 356 g/mol. The van der Waals surface area contributed by atoms with Crippen molar-refractivity contribution in [1.29, 1.82) is 0 Å². The number of carbonyl (C=O) groups excluding carboxylic acids is 2. The summed E-state index contributed by atoms with van der Waals surface area (Å²) in [6, 6.07) is 0. The average molecular weight is 391 g/mol. The Morgan fingerprint density at radius 1 is 1.07 bits per heavy atom. The van der Waals surface area contributed by atoms with Gasteiger partial charge in [0.25, 0.3) is 0 Å². The number of hydrogen-bond acceptors (Lipinski definition) is 5. The highest BCUT2D eigenvalue weighted by Gasteiger charge is 2.67. The van der Waals surface area contributed by atoms with E-state index in [2.05, 4.69) is 13.8 Å². The van der Waals surface area contributed by atoms with Gasteiger partial charge in [0.05, 0.1) is 25.7 Å². The molecule has 0 unspecified atom stereocenters. The molecule has 5 nitrogen and oxygen atoms in total. The molecule has 0 amide bonds. The molecule has 1 aliphatic heterocycles. The molecule has 5 fully saturated rings. The molecule has 0 aromatic carbocycles. The highest BCUT2D eigenvalue weighted by atomic mass is 16.7. The fraction of sp³-hybridized carbons (Fsp3) is 0.913. The molecule has 5 heteroatoms. The Kier molecular flexibility index (Phi) is 4.19. The maximum Gasteiger partial charge on any atom is 0.175 e. The first-order valence-electron chi connectivity index (χ1n) is 11.2. The van der Waals surface area contributed by atoms with Gasteiger partial charge in [-0.2, -0.15) is 0 Å². The smallest absolute Gasteiger partial charge is 0.175 e. The molecule has 4 aliphatic carbocycles. The highest BCUT2D eigenvalue weighted by molar-refractivity contribution is 5.87. The Hall–Kier alpha value is -0.780. The van der Waals surface area contributed by atoms with Gasteiger partial charge in [0.1, 0.15) is 11.6 Å². The molecule has 4 saturated carbocycles. The van der Waals surface area contributed by atoms with Crippen molar-refractivity contribution in [2.45, 2.75) is 77.6 Å². The van der Waals surface area contributed by atoms with E-state index in [0.29, 0.717) is 37.9 Å². The number of rotatable bonds is 1. The maximum absolute atomic E-state index is 13.5. The van der Waals surface area contributed by atoms with Crippen molar-refractivity contribution in [3.8, 4) is 0 Å². The molecule has 1 spiro atoms. The zero-order valence-electron chi connectivity index (χ0n) is 17.4. The summed E-state index contributed by atoms with van der Waals surface area (Å²) < 4.78 is 11.8. The van der Waals surface area contributed by atoms with E-state index in [0.717, 1.165) is 32.1 Å². The third kappa shape index (κ3) is 2.36. The SMILES string of the molecule is CC(=O)[C@H]1CC[C@H]2[C@@H]3CC[C@@H]4CC5(CC(=O)[C@]4(C)[C@H]3[C@H](O)C[C@]12C)OCCO5. The second-order valence-corrected chi connectivity index (χ2v) is 10.8. The summed E-state index contributed by atoms with van der Waals surface area (Å²) in [5.74, 6) is 0.807. The van der Waals surface area contributed by atoms with E-state index in [1.165, 1.54) is 0 Å². The Balaban J connectivity index is 1.49. The van der Waals surface area contributed by atoms with Gasteiger partial charge in [0.2, 0.25) is 0 Å². The quantitative estimate of drug-likeness (QED) is 0.745. The largest absolute Gasteiger partial charge is 0.393 e. The maximum atomic E-state index is 13.5. The van der Waals surface area contributed by atoms with Gasteiger partial charge in [-0.3, -0.25) is 9.59 Å². The fourth-order valence-corrected chi connectivity index (χ4v) is 8.56. The first kappa shape index (κ1) is 19.2. The Morgan fingerprint density at radius 3 is 2.46 bits per heavy atom. The fourth-order valence-electron chi connectivity index (χ4n) is 8.56. The highest BCUT2D eigenvalue weighted by Crippen LogP contribution is 2.67. The van der Waals surface area contributed by atoms with Gasteiger partial charge in [-0.15, -0.1) is 0 Å². The van der Waals surface area contributed by atoms with Gasteiger partial charge in [-0.25, -0.2) is 0 Å². The molecule has 1 saturated heterocycles. The molecule has 0 aromatic heterocycles. The third-order valence-electron chi connectivity index (χ3n) is 9.73. The van der Waals surface area contributed by atoms with Crippen LogP contribution in [0.4, 0.5) is 0 Å². The number of fused-ring (bicyclic) bond motifs is 5. The lowest BCUT2D eigenvalue weighted by Gasteiger charge is -2.62. The first-order valence-corrected chi connectivity index (χ1v) is 11.2. The zero-order valence-corrected chi connectivity index (χ0v) is 17.4. The number of aliphatic hydroxyl groups is 1. The van der Waals surface area contributed by atoms with E-state index in [-0.39, 0.29) is 34.7 Å². The standard InChI is InChI=1S/C23H34O5/c1-13(24)16-6-7-17-15-5-4-14-10-23(27-8-9-28-23)12-19(26)22(14,3)20(15)18(25)11-21(16,17)2/h14-18,20,25H,4-12H2,1-3H3/t14-,15+,16-,17+,18-,20-,21-,22-/m1/s1. The van der Waals surface area contributed by atoms with E-state index >= 15 is 0 Å². The Labute approximate surface area is 167 Å². The lowest BCUT2D eigenvalue weighted by molar-refractivity contribution is -0.231. The molecule has 0 aromatic rings. The molecule has 8 atom stereocenters. The second-order valence-electron chi connectivity index (χ2n) is 10.8. The van der Waals surface area contributed by atoms with E-state index in [9.17, 15) is 14.7 Å². The van der Waals surface area contributed by atoms with Crippen LogP contribution in [0.15, 0.2) is 0 Å². The van der Waals surface area contributed by atoms with Gasteiger partial charge in [0.15, 0.2) is 5.79 Å². The Bertz CT molecular complexity index is 697. The van der Waals surface area contributed by atoms with Crippen LogP contribution in [0.2, 0.25) is 0 Å². The third-order valence-corrected chi connectivity index (χ3v) is 9.73. The minimum absolute atomic E-state index is 0.00119. The molecule has 1 heterocycles. The number of carbonyl (C=O) groups is 2. The summed E-state index contributed by atoms with van der Waals surface area (Å²) in [4.78, 5) is 25.8. The normalized spacial score (nSPS) is 52.2. The number of hydrogen-bond donors (Lipinski definition) is 1. The van der Waals surface area contributed by atoms with Crippen molar-refractivity contribution in [2.75, 3.05) is 13.2 Å². The molecular formula is C23H34O5. The molecule has 5 aliphatic rings. The van der Waals surface area contributed by atoms with E-state index in [1.807, 2.05) is 0 Å². The van der Waals surface area contributed by atoms with Crippen molar-refractivity contribution in [3.05, 3.63) is 0 Å². The number of aliphatic hydroxyl groups excluding tert-OH is 1. The summed E-state index contributed by atoms with van der Waals surface area (Å²) in [5.41, 5.74) is -0.620. The van der Waals surface area contributed by atoms with Crippen molar-refractivity contribution in [3.63, 3.8) is 0 Å². The van der Waals surface area contributed by atoms with Crippen LogP contribution in [0.3, 0.4) is 0 Å². The predicted octanol–water partition coefficient (Wildman–Crippen LogP) is 3.13. The second kappa shape index (κ2) is 6.12. The summed E-state index contributed by atoms with van der Waals surface area (Å²) >= 11 is 0. The molecule has 0 radical (unpaired) electrons. The van der Waals surface area contributed by atoms with Crippen molar-refractivity contribution in [1.82, 2.24) is 0 Å². The first-order chi connectivity index (χ1) is 13.2. The summed E-state index contributed by atoms with van der Waals surface area (Å²) in [6.07, 6.45) is 5.24. The molecule has 1 N–H and O–H groups in total. The predicted molar refractivity (Wildman–Crippen MR) is 102 cm³/mol. The number of ether oxygens (including phenoxy) is 2. The van der Waals surface area contributed by atoms with Crippen LogP contribution in [0.25, 0.3) is 0 Å². The van der Waals surface area contributed by atoms with Crippen LogP contribution in [0.5, 0.6) is 0 Å². The van der Waals surface area contributed by atoms with E-state index in [1.54, 1.807) is 6.92 Å². The van der Waals surface area contributed by atoms with Crippen molar-refractivity contribution < 1.29 is 24.2 Å². The molecule has 28 heavy (non-hydrogen) atoms. The van der Waals surface area contributed by atoms with Gasteiger partial charge in [0, 0.05) is 23.7 Å². The molecule has 0 bridgehead atoms. The Morgan fingerprint density at radius 2 is 1.79 bits per heavy atom. The van der Waals surface area contributed by atoms with Crippen molar-refractivity contribution in [2.24, 2.45) is 40.4 Å². The van der Waals surface area contributed by atoms with Gasteiger partial charge in [-0.05, 0) is 62.2 Å². The van der Waals surface area contributed by atoms with Gasteiger partial charge >= 0.3 is 0 Å². The molecule has 156 valence electrons. The topological polar surface area (TPSA) is 72.8 Å². The van der Waals surface area contributed by atoms with Crippen LogP contribution in [0, 0.1) is 40.4 Å². The number of Topliss-reactive ketones (excluding diaryl/α,β-unsaturated/α-hetero) is 2.